The number of amides is 1. The zero-order valence-corrected chi connectivity index (χ0v) is 18.5. The lowest BCUT2D eigenvalue weighted by atomic mass is 9.97. The Labute approximate surface area is 187 Å². The van der Waals surface area contributed by atoms with Crippen LogP contribution in [-0.4, -0.2) is 83.5 Å². The summed E-state index contributed by atoms with van der Waals surface area (Å²) in [6.45, 7) is 3.76. The Morgan fingerprint density at radius 2 is 1.38 bits per heavy atom. The average molecular weight is 482 g/mol. The molecule has 0 aliphatic carbocycles. The van der Waals surface area contributed by atoms with Crippen molar-refractivity contribution in [2.45, 2.75) is 70.1 Å². The summed E-state index contributed by atoms with van der Waals surface area (Å²) in [4.78, 5) is 69.4. The van der Waals surface area contributed by atoms with Crippen LogP contribution in [0.4, 0.5) is 0 Å². The molecular formula is C18H24ClNO12. The first kappa shape index (κ1) is 27.1. The Morgan fingerprint density at radius 1 is 0.875 bits per heavy atom. The van der Waals surface area contributed by atoms with Gasteiger partial charge in [0.15, 0.2) is 24.5 Å². The largest absolute Gasteiger partial charge is 0.481 e. The van der Waals surface area contributed by atoms with Gasteiger partial charge < -0.3 is 34.1 Å². The molecule has 180 valence electrons. The third-order valence-corrected chi connectivity index (χ3v) is 4.27. The summed E-state index contributed by atoms with van der Waals surface area (Å²) in [7, 11) is 0. The number of ether oxygens (including phenoxy) is 5. The molecule has 1 amide bonds. The molecule has 1 rings (SSSR count). The first-order valence-electron chi connectivity index (χ1n) is 9.28. The molecule has 13 nitrogen and oxygen atoms in total. The van der Waals surface area contributed by atoms with Gasteiger partial charge in [-0.05, 0) is 0 Å². The van der Waals surface area contributed by atoms with Gasteiger partial charge in [0.05, 0.1) is 6.42 Å². The second-order valence-electron chi connectivity index (χ2n) is 6.69. The highest BCUT2D eigenvalue weighted by Crippen LogP contribution is 2.28. The molecule has 0 aromatic rings. The van der Waals surface area contributed by atoms with Crippen LogP contribution in [0.25, 0.3) is 0 Å². The molecule has 1 aliphatic rings. The zero-order valence-electron chi connectivity index (χ0n) is 17.7. The molecule has 2 N–H and O–H groups in total. The molecule has 32 heavy (non-hydrogen) atoms. The number of hydrogen-bond donors (Lipinski definition) is 2. The van der Waals surface area contributed by atoms with Crippen molar-refractivity contribution in [3.63, 3.8) is 0 Å². The normalized spacial score (nSPS) is 25.6. The molecule has 6 atom stereocenters. The predicted molar refractivity (Wildman–Crippen MR) is 102 cm³/mol. The lowest BCUT2D eigenvalue weighted by molar-refractivity contribution is -0.256. The number of carbonyl (C=O) groups excluding carboxylic acids is 5. The van der Waals surface area contributed by atoms with Crippen molar-refractivity contribution in [1.29, 1.82) is 0 Å². The minimum Gasteiger partial charge on any atom is -0.481 e. The first-order valence-corrected chi connectivity index (χ1v) is 9.72. The Bertz CT molecular complexity index is 756. The van der Waals surface area contributed by atoms with Crippen molar-refractivity contribution >= 4 is 47.4 Å². The highest BCUT2D eigenvalue weighted by Gasteiger charge is 2.52. The molecule has 1 saturated heterocycles. The van der Waals surface area contributed by atoms with E-state index in [4.69, 9.17) is 40.4 Å². The van der Waals surface area contributed by atoms with E-state index in [1.807, 2.05) is 0 Å². The highest BCUT2D eigenvalue weighted by atomic mass is 35.5. The van der Waals surface area contributed by atoms with Gasteiger partial charge in [-0.2, -0.15) is 0 Å². The summed E-state index contributed by atoms with van der Waals surface area (Å²) in [6, 6.07) is 0. The Hall–Kier alpha value is -2.93. The molecule has 0 bridgehead atoms. The molecule has 0 saturated carbocycles. The van der Waals surface area contributed by atoms with Gasteiger partial charge in [0.25, 0.3) is 0 Å². The van der Waals surface area contributed by atoms with Crippen molar-refractivity contribution in [3.8, 4) is 0 Å². The van der Waals surface area contributed by atoms with Gasteiger partial charge in [-0.3, -0.25) is 28.8 Å². The van der Waals surface area contributed by atoms with E-state index in [1.54, 1.807) is 0 Å². The van der Waals surface area contributed by atoms with E-state index in [2.05, 4.69) is 5.32 Å². The van der Waals surface area contributed by atoms with E-state index >= 15 is 0 Å². The fraction of sp³-hybridized carbons (Fsp3) is 0.667. The predicted octanol–water partition coefficient (Wildman–Crippen LogP) is -0.732. The molecule has 0 spiro atoms. The lowest BCUT2D eigenvalue weighted by Crippen LogP contribution is -2.66. The van der Waals surface area contributed by atoms with E-state index in [0.717, 1.165) is 27.7 Å². The van der Waals surface area contributed by atoms with Crippen LogP contribution in [0.15, 0.2) is 0 Å². The SMILES string of the molecule is CC(=O)OC[C@H]1O[C@@H](NC(=O)[C@@H](Cl)CC(=O)O)[C@H](OC(C)=O)[C@@H](OC(C)=O)[C@@H]1OC(C)=O. The van der Waals surface area contributed by atoms with Crippen molar-refractivity contribution in [2.24, 2.45) is 0 Å². The fourth-order valence-electron chi connectivity index (χ4n) is 2.82. The number of rotatable bonds is 9. The van der Waals surface area contributed by atoms with Gasteiger partial charge in [-0.1, -0.05) is 0 Å². The van der Waals surface area contributed by atoms with Crippen LogP contribution >= 0.6 is 11.6 Å². The Kier molecular flexibility index (Phi) is 10.3. The van der Waals surface area contributed by atoms with Crippen molar-refractivity contribution in [3.05, 3.63) is 0 Å². The summed E-state index contributed by atoms with van der Waals surface area (Å²) >= 11 is 5.78. The summed E-state index contributed by atoms with van der Waals surface area (Å²) in [5, 5.41) is 9.57. The van der Waals surface area contributed by atoms with Crippen molar-refractivity contribution in [2.75, 3.05) is 6.61 Å². The second-order valence-corrected chi connectivity index (χ2v) is 7.22. The van der Waals surface area contributed by atoms with Crippen molar-refractivity contribution < 1.29 is 57.6 Å². The molecule has 0 aromatic heterocycles. The topological polar surface area (TPSA) is 181 Å². The Balaban J connectivity index is 3.33. The number of carboxylic acids is 1. The van der Waals surface area contributed by atoms with Crippen LogP contribution < -0.4 is 5.32 Å². The number of aliphatic carboxylic acids is 1. The van der Waals surface area contributed by atoms with E-state index in [1.165, 1.54) is 0 Å². The lowest BCUT2D eigenvalue weighted by Gasteiger charge is -2.44. The number of hydrogen-bond acceptors (Lipinski definition) is 11. The van der Waals surface area contributed by atoms with Crippen molar-refractivity contribution in [1.82, 2.24) is 5.32 Å². The van der Waals surface area contributed by atoms with E-state index in [-0.39, 0.29) is 0 Å². The molecule has 1 fully saturated rings. The van der Waals surface area contributed by atoms with Gasteiger partial charge in [-0.25, -0.2) is 0 Å². The summed E-state index contributed by atoms with van der Waals surface area (Å²) < 4.78 is 26.1. The molecule has 0 unspecified atom stereocenters. The number of nitrogens with one attached hydrogen (secondary N) is 1. The minimum absolute atomic E-state index is 0.483. The molecule has 0 aromatic carbocycles. The van der Waals surface area contributed by atoms with Gasteiger partial charge in [0, 0.05) is 27.7 Å². The quantitative estimate of drug-likeness (QED) is 0.239. The maximum absolute atomic E-state index is 12.3. The van der Waals surface area contributed by atoms with E-state index in [9.17, 15) is 28.8 Å². The van der Waals surface area contributed by atoms with Crippen LogP contribution in [0.5, 0.6) is 0 Å². The number of halogens is 1. The molecule has 1 heterocycles. The molecule has 0 radical (unpaired) electrons. The maximum atomic E-state index is 12.3. The first-order chi connectivity index (χ1) is 14.8. The standard InChI is InChI=1S/C18H24ClNO12/c1-7(21)28-6-12-14(29-8(2)22)15(30-9(3)23)16(31-10(4)24)18(32-12)20-17(27)11(19)5-13(25)26/h11-12,14-16,18H,5-6H2,1-4H3,(H,20,27)(H,25,26)/t11-,12+,14+,15-,16+,18+/m0/s1. The molecule has 1 aliphatic heterocycles. The van der Waals surface area contributed by atoms with Crippen LogP contribution in [0.2, 0.25) is 0 Å². The third-order valence-electron chi connectivity index (χ3n) is 3.91. The third kappa shape index (κ3) is 8.67. The number of carboxylic acid groups (broad SMARTS) is 1. The molecular weight excluding hydrogens is 458 g/mol. The van der Waals surface area contributed by atoms with Gasteiger partial charge in [-0.15, -0.1) is 11.6 Å². The second kappa shape index (κ2) is 12.2. The van der Waals surface area contributed by atoms with E-state index < -0.39 is 84.8 Å². The smallest absolute Gasteiger partial charge is 0.305 e. The van der Waals surface area contributed by atoms with Gasteiger partial charge >= 0.3 is 29.8 Å². The number of esters is 4. The summed E-state index contributed by atoms with van der Waals surface area (Å²) in [5.74, 6) is -5.55. The fourth-order valence-corrected chi connectivity index (χ4v) is 3.02. The summed E-state index contributed by atoms with van der Waals surface area (Å²) in [6.07, 6.45) is -7.91. The number of alkyl halides is 1. The van der Waals surface area contributed by atoms with Gasteiger partial charge in [0.1, 0.15) is 18.1 Å². The van der Waals surface area contributed by atoms with E-state index in [0.29, 0.717) is 0 Å². The highest BCUT2D eigenvalue weighted by molar-refractivity contribution is 6.31. The monoisotopic (exact) mass is 481 g/mol. The zero-order chi connectivity index (χ0) is 24.6. The van der Waals surface area contributed by atoms with Crippen LogP contribution in [-0.2, 0) is 52.5 Å². The van der Waals surface area contributed by atoms with Crippen LogP contribution in [0.3, 0.4) is 0 Å². The van der Waals surface area contributed by atoms with Crippen LogP contribution in [0.1, 0.15) is 34.1 Å². The average Bonchev–Trinajstić information content (AvgIpc) is 2.63. The Morgan fingerprint density at radius 3 is 1.84 bits per heavy atom. The van der Waals surface area contributed by atoms with Gasteiger partial charge in [0.2, 0.25) is 5.91 Å². The number of carbonyl (C=O) groups is 6. The summed E-state index contributed by atoms with van der Waals surface area (Å²) in [5.41, 5.74) is 0. The minimum atomic E-state index is -1.53. The maximum Gasteiger partial charge on any atom is 0.305 e. The van der Waals surface area contributed by atoms with Crippen LogP contribution in [0, 0.1) is 0 Å². The molecule has 14 heteroatoms.